The maximum atomic E-state index is 13.4. The second kappa shape index (κ2) is 7.74. The van der Waals surface area contributed by atoms with Crippen LogP contribution in [0.15, 0.2) is 23.8 Å². The van der Waals surface area contributed by atoms with E-state index in [2.05, 4.69) is 25.8 Å². The summed E-state index contributed by atoms with van der Waals surface area (Å²) in [6.45, 7) is 1.65. The van der Waals surface area contributed by atoms with Crippen LogP contribution in [0.4, 0.5) is 14.5 Å². The third-order valence-corrected chi connectivity index (χ3v) is 7.90. The zero-order chi connectivity index (χ0) is 24.5. The van der Waals surface area contributed by atoms with Gasteiger partial charge in [0, 0.05) is 23.6 Å². The molecule has 3 aromatic rings. The molecule has 2 amide bonds. The minimum atomic E-state index is -2.77. The number of rotatable bonds is 7. The van der Waals surface area contributed by atoms with E-state index in [1.165, 1.54) is 23.6 Å². The van der Waals surface area contributed by atoms with Gasteiger partial charge in [-0.2, -0.15) is 0 Å². The Morgan fingerprint density at radius 1 is 1.29 bits per heavy atom. The van der Waals surface area contributed by atoms with Crippen molar-refractivity contribution in [2.45, 2.75) is 50.6 Å². The molecule has 0 saturated heterocycles. The second-order valence-electron chi connectivity index (χ2n) is 9.27. The van der Waals surface area contributed by atoms with Gasteiger partial charge in [-0.3, -0.25) is 19.4 Å². The van der Waals surface area contributed by atoms with Crippen LogP contribution in [-0.2, 0) is 16.8 Å². The SMILES string of the molecule is Cc1c(C(=O)C(=O)NC2(c3nncs3)CC2)c2n(c1C(=O)Nc1ccnc(C(F)F)c1)C1CC1C2. The Balaban J connectivity index is 1.30. The van der Waals surface area contributed by atoms with E-state index in [4.69, 9.17) is 0 Å². The van der Waals surface area contributed by atoms with E-state index < -0.39 is 35.3 Å². The van der Waals surface area contributed by atoms with E-state index in [1.807, 2.05) is 4.57 Å². The average Bonchev–Trinajstić information content (AvgIpc) is 3.61. The Kier molecular flexibility index (Phi) is 4.85. The van der Waals surface area contributed by atoms with Gasteiger partial charge < -0.3 is 15.2 Å². The number of amides is 2. The molecule has 0 bridgehead atoms. The first kappa shape index (κ1) is 22.0. The molecule has 0 spiro atoms. The van der Waals surface area contributed by atoms with Crippen LogP contribution in [0.5, 0.6) is 0 Å². The zero-order valence-corrected chi connectivity index (χ0v) is 19.4. The van der Waals surface area contributed by atoms with Gasteiger partial charge in [-0.05, 0) is 56.2 Å². The molecule has 0 aromatic carbocycles. The van der Waals surface area contributed by atoms with Gasteiger partial charge in [-0.15, -0.1) is 21.5 Å². The summed E-state index contributed by atoms with van der Waals surface area (Å²) in [5.74, 6) is -1.62. The van der Waals surface area contributed by atoms with Crippen molar-refractivity contribution >= 4 is 34.6 Å². The van der Waals surface area contributed by atoms with Crippen LogP contribution in [0.3, 0.4) is 0 Å². The quantitative estimate of drug-likeness (QED) is 0.381. The summed E-state index contributed by atoms with van der Waals surface area (Å²) in [4.78, 5) is 43.3. The van der Waals surface area contributed by atoms with Crippen LogP contribution in [0.2, 0.25) is 0 Å². The summed E-state index contributed by atoms with van der Waals surface area (Å²) in [5, 5.41) is 14.0. The van der Waals surface area contributed by atoms with Crippen LogP contribution < -0.4 is 10.6 Å². The summed E-state index contributed by atoms with van der Waals surface area (Å²) in [6.07, 6.45) is 1.30. The van der Waals surface area contributed by atoms with Crippen molar-refractivity contribution in [2.75, 3.05) is 5.32 Å². The molecule has 12 heteroatoms. The van der Waals surface area contributed by atoms with Crippen molar-refractivity contribution in [2.24, 2.45) is 5.92 Å². The highest BCUT2D eigenvalue weighted by Crippen LogP contribution is 2.54. The van der Waals surface area contributed by atoms with Crippen molar-refractivity contribution in [3.63, 3.8) is 0 Å². The van der Waals surface area contributed by atoms with Gasteiger partial charge in [-0.1, -0.05) is 0 Å². The molecule has 35 heavy (non-hydrogen) atoms. The van der Waals surface area contributed by atoms with Crippen molar-refractivity contribution in [3.8, 4) is 0 Å². The third-order valence-electron chi connectivity index (χ3n) is 7.01. The Morgan fingerprint density at radius 3 is 2.77 bits per heavy atom. The van der Waals surface area contributed by atoms with Gasteiger partial charge in [0.2, 0.25) is 0 Å². The van der Waals surface area contributed by atoms with Crippen molar-refractivity contribution in [1.29, 1.82) is 0 Å². The van der Waals surface area contributed by atoms with Gasteiger partial charge in [-0.25, -0.2) is 8.78 Å². The lowest BCUT2D eigenvalue weighted by Gasteiger charge is -2.14. The number of alkyl halides is 2. The molecule has 2 atom stereocenters. The molecule has 3 aliphatic rings. The van der Waals surface area contributed by atoms with Crippen LogP contribution >= 0.6 is 11.3 Å². The molecular formula is C23H20F2N6O3S. The molecule has 2 fully saturated rings. The topological polar surface area (TPSA) is 119 Å². The standard InChI is InChI=1S/C23H20F2N6O3S/c1-10-16(18(32)21(34)29-23(3-4-23)22-30-27-9-35-22)15-7-11-6-14(11)31(15)17(10)20(33)28-12-2-5-26-13(8-12)19(24)25/h2,5,8-9,11,14,19H,3-4,6-7H2,1H3,(H,29,34)(H,26,28,33). The van der Waals surface area contributed by atoms with Gasteiger partial charge in [0.1, 0.15) is 21.9 Å². The fourth-order valence-corrected chi connectivity index (χ4v) is 5.83. The average molecular weight is 499 g/mol. The third kappa shape index (κ3) is 3.54. The van der Waals surface area contributed by atoms with E-state index >= 15 is 0 Å². The molecule has 4 heterocycles. The van der Waals surface area contributed by atoms with E-state index in [0.29, 0.717) is 41.4 Å². The number of carbonyl (C=O) groups is 3. The fraction of sp³-hybridized carbons (Fsp3) is 0.391. The molecule has 2 aliphatic carbocycles. The number of nitrogens with one attached hydrogen (secondary N) is 2. The number of ketones is 1. The first-order valence-corrected chi connectivity index (χ1v) is 12.1. The van der Waals surface area contributed by atoms with E-state index in [9.17, 15) is 23.2 Å². The smallest absolute Gasteiger partial charge is 0.293 e. The van der Waals surface area contributed by atoms with Gasteiger partial charge in [0.25, 0.3) is 24.0 Å². The first-order chi connectivity index (χ1) is 16.8. The Labute approximate surface area is 202 Å². The van der Waals surface area contributed by atoms with Crippen molar-refractivity contribution < 1.29 is 23.2 Å². The lowest BCUT2D eigenvalue weighted by atomic mass is 10.0. The Bertz CT molecular complexity index is 1380. The maximum Gasteiger partial charge on any atom is 0.293 e. The number of fused-ring (bicyclic) bond motifs is 3. The number of carbonyl (C=O) groups excluding carboxylic acids is 3. The molecule has 0 radical (unpaired) electrons. The van der Waals surface area contributed by atoms with Crippen LogP contribution in [-0.4, -0.2) is 37.3 Å². The summed E-state index contributed by atoms with van der Waals surface area (Å²) in [5.41, 5.74) is 2.27. The Hall–Kier alpha value is -3.54. The highest BCUT2D eigenvalue weighted by atomic mass is 32.1. The van der Waals surface area contributed by atoms with Crippen molar-refractivity contribution in [3.05, 3.63) is 57.1 Å². The van der Waals surface area contributed by atoms with Gasteiger partial charge in [0.05, 0.1) is 11.1 Å². The number of aromatic nitrogens is 4. The normalized spacial score (nSPS) is 20.8. The molecule has 2 unspecified atom stereocenters. The number of halogens is 2. The minimum absolute atomic E-state index is 0.0966. The highest BCUT2D eigenvalue weighted by Gasteiger charge is 2.52. The largest absolute Gasteiger partial charge is 0.337 e. The molecule has 9 nitrogen and oxygen atoms in total. The number of pyridine rings is 1. The molecule has 2 N–H and O–H groups in total. The number of anilines is 1. The van der Waals surface area contributed by atoms with E-state index in [-0.39, 0.29) is 23.0 Å². The second-order valence-corrected chi connectivity index (χ2v) is 10.1. The van der Waals surface area contributed by atoms with E-state index in [0.717, 1.165) is 12.5 Å². The molecule has 3 aromatic heterocycles. The monoisotopic (exact) mass is 498 g/mol. The number of hydrogen-bond donors (Lipinski definition) is 2. The Morgan fingerprint density at radius 2 is 2.09 bits per heavy atom. The minimum Gasteiger partial charge on any atom is -0.337 e. The lowest BCUT2D eigenvalue weighted by molar-refractivity contribution is -0.118. The maximum absolute atomic E-state index is 13.4. The summed E-state index contributed by atoms with van der Waals surface area (Å²) in [6, 6.07) is 2.64. The molecule has 6 rings (SSSR count). The van der Waals surface area contributed by atoms with Crippen molar-refractivity contribution in [1.82, 2.24) is 25.1 Å². The van der Waals surface area contributed by atoms with Gasteiger partial charge in [0.15, 0.2) is 0 Å². The number of hydrogen-bond acceptors (Lipinski definition) is 7. The van der Waals surface area contributed by atoms with Crippen LogP contribution in [0, 0.1) is 12.8 Å². The summed E-state index contributed by atoms with van der Waals surface area (Å²) in [7, 11) is 0. The zero-order valence-electron chi connectivity index (χ0n) is 18.5. The molecule has 2 saturated carbocycles. The summed E-state index contributed by atoms with van der Waals surface area (Å²) >= 11 is 1.33. The van der Waals surface area contributed by atoms with Crippen LogP contribution in [0.1, 0.15) is 74.5 Å². The predicted octanol–water partition coefficient (Wildman–Crippen LogP) is 3.34. The number of nitrogens with zero attached hydrogens (tertiary/aromatic N) is 4. The van der Waals surface area contributed by atoms with E-state index in [1.54, 1.807) is 12.4 Å². The van der Waals surface area contributed by atoms with Crippen LogP contribution in [0.25, 0.3) is 0 Å². The summed E-state index contributed by atoms with van der Waals surface area (Å²) < 4.78 is 27.9. The molecular weight excluding hydrogens is 478 g/mol. The molecule has 180 valence electrons. The van der Waals surface area contributed by atoms with Gasteiger partial charge >= 0.3 is 0 Å². The molecule has 1 aliphatic heterocycles. The fourth-order valence-electron chi connectivity index (χ4n) is 5.06. The number of Topliss-reactive ketones (excluding diaryl/α,β-unsaturated/α-hetero) is 1. The predicted molar refractivity (Wildman–Crippen MR) is 120 cm³/mol. The lowest BCUT2D eigenvalue weighted by Crippen LogP contribution is -2.39. The first-order valence-electron chi connectivity index (χ1n) is 11.2. The highest BCUT2D eigenvalue weighted by molar-refractivity contribution is 7.09.